The Morgan fingerprint density at radius 3 is 3.07 bits per heavy atom. The molecule has 1 amide bonds. The third kappa shape index (κ3) is 4.78. The van der Waals surface area contributed by atoms with Crippen LogP contribution in [-0.4, -0.2) is 45.6 Å². The second-order valence-electron chi connectivity index (χ2n) is 6.93. The third-order valence-electron chi connectivity index (χ3n) is 4.78. The number of aromatic nitrogens is 3. The average Bonchev–Trinajstić information content (AvgIpc) is 3.20. The number of anilines is 1. The number of pyridine rings is 1. The van der Waals surface area contributed by atoms with Gasteiger partial charge in [-0.05, 0) is 43.7 Å². The number of amides is 1. The molecule has 1 atom stereocenters. The minimum absolute atomic E-state index is 0.0216. The van der Waals surface area contributed by atoms with Crippen molar-refractivity contribution < 1.29 is 13.7 Å². The summed E-state index contributed by atoms with van der Waals surface area (Å²) in [6.07, 6.45) is 3.36. The van der Waals surface area contributed by atoms with Crippen LogP contribution in [0.25, 0.3) is 11.4 Å². The van der Waals surface area contributed by atoms with Gasteiger partial charge in [0.15, 0.2) is 5.15 Å². The number of rotatable bonds is 5. The number of hydrogen-bond donors (Lipinski definition) is 1. The van der Waals surface area contributed by atoms with Crippen LogP contribution < -0.4 is 5.32 Å². The molecule has 0 aliphatic carbocycles. The van der Waals surface area contributed by atoms with Crippen LogP contribution in [0.15, 0.2) is 47.1 Å². The molecule has 4 rings (SSSR count). The van der Waals surface area contributed by atoms with E-state index in [2.05, 4.69) is 20.4 Å². The van der Waals surface area contributed by atoms with Crippen LogP contribution in [0.3, 0.4) is 0 Å². The van der Waals surface area contributed by atoms with Crippen LogP contribution in [0.1, 0.15) is 24.7 Å². The quantitative estimate of drug-likeness (QED) is 0.639. The number of halogens is 2. The normalized spacial score (nSPS) is 17.2. The van der Waals surface area contributed by atoms with E-state index in [1.54, 1.807) is 30.5 Å². The van der Waals surface area contributed by atoms with Crippen LogP contribution in [0.2, 0.25) is 5.15 Å². The minimum atomic E-state index is -0.350. The summed E-state index contributed by atoms with van der Waals surface area (Å²) in [5, 5.41) is 7.02. The molecule has 3 heterocycles. The number of piperidine rings is 1. The van der Waals surface area contributed by atoms with Gasteiger partial charge >= 0.3 is 0 Å². The largest absolute Gasteiger partial charge is 0.339 e. The summed E-state index contributed by atoms with van der Waals surface area (Å²) in [5.74, 6) is 0.377. The van der Waals surface area contributed by atoms with Gasteiger partial charge in [-0.25, -0.2) is 9.37 Å². The van der Waals surface area contributed by atoms with Gasteiger partial charge in [-0.1, -0.05) is 28.9 Å². The number of nitrogens with zero attached hydrogens (tertiary/aromatic N) is 4. The van der Waals surface area contributed by atoms with Gasteiger partial charge in [-0.15, -0.1) is 0 Å². The minimum Gasteiger partial charge on any atom is -0.339 e. The fourth-order valence-corrected chi connectivity index (χ4v) is 3.59. The smallest absolute Gasteiger partial charge is 0.238 e. The zero-order valence-electron chi connectivity index (χ0n) is 15.5. The lowest BCUT2D eigenvalue weighted by Crippen LogP contribution is -2.39. The lowest BCUT2D eigenvalue weighted by Gasteiger charge is -2.30. The first-order chi connectivity index (χ1) is 14.1. The molecule has 150 valence electrons. The average molecular weight is 416 g/mol. The standard InChI is InChI=1S/C20H19ClFN5O2/c21-18-16(7-2-8-23-18)24-17(28)12-27-9-3-5-14(11-27)20-25-19(26-29-20)13-4-1-6-15(22)10-13/h1-2,4,6-8,10,14H,3,5,9,11-12H2,(H,24,28). The van der Waals surface area contributed by atoms with Crippen LogP contribution in [0.4, 0.5) is 10.1 Å². The molecule has 3 aromatic rings. The summed E-state index contributed by atoms with van der Waals surface area (Å²) in [6.45, 7) is 1.65. The molecule has 1 unspecified atom stereocenters. The van der Waals surface area contributed by atoms with E-state index >= 15 is 0 Å². The van der Waals surface area contributed by atoms with Gasteiger partial charge < -0.3 is 9.84 Å². The second kappa shape index (κ2) is 8.67. The number of hydrogen-bond acceptors (Lipinski definition) is 6. The van der Waals surface area contributed by atoms with Crippen molar-refractivity contribution in [1.29, 1.82) is 0 Å². The number of likely N-dealkylation sites (tertiary alicyclic amines) is 1. The van der Waals surface area contributed by atoms with Crippen molar-refractivity contribution >= 4 is 23.2 Å². The van der Waals surface area contributed by atoms with Gasteiger partial charge in [-0.2, -0.15) is 4.98 Å². The fourth-order valence-electron chi connectivity index (χ4n) is 3.42. The highest BCUT2D eigenvalue weighted by Gasteiger charge is 2.27. The maximum Gasteiger partial charge on any atom is 0.238 e. The maximum atomic E-state index is 13.4. The Labute approximate surface area is 171 Å². The lowest BCUT2D eigenvalue weighted by atomic mass is 9.98. The van der Waals surface area contributed by atoms with Crippen molar-refractivity contribution in [3.63, 3.8) is 0 Å². The van der Waals surface area contributed by atoms with Gasteiger partial charge in [0.1, 0.15) is 5.82 Å². The topological polar surface area (TPSA) is 84.2 Å². The highest BCUT2D eigenvalue weighted by Crippen LogP contribution is 2.28. The first kappa shape index (κ1) is 19.5. The first-order valence-corrected chi connectivity index (χ1v) is 9.68. The molecule has 1 N–H and O–H groups in total. The Kier molecular flexibility index (Phi) is 5.82. The Bertz CT molecular complexity index is 1010. The molecule has 7 nitrogen and oxygen atoms in total. The highest BCUT2D eigenvalue weighted by atomic mass is 35.5. The molecule has 2 aromatic heterocycles. The molecule has 0 spiro atoms. The van der Waals surface area contributed by atoms with E-state index in [0.717, 1.165) is 19.4 Å². The number of carbonyl (C=O) groups is 1. The number of benzene rings is 1. The van der Waals surface area contributed by atoms with E-state index in [1.165, 1.54) is 12.1 Å². The van der Waals surface area contributed by atoms with E-state index in [0.29, 0.717) is 29.5 Å². The molecule has 29 heavy (non-hydrogen) atoms. The Balaban J connectivity index is 1.38. The maximum absolute atomic E-state index is 13.4. The van der Waals surface area contributed by atoms with Gasteiger partial charge in [0.05, 0.1) is 18.2 Å². The third-order valence-corrected chi connectivity index (χ3v) is 5.08. The van der Waals surface area contributed by atoms with Crippen molar-refractivity contribution in [2.24, 2.45) is 0 Å². The van der Waals surface area contributed by atoms with E-state index in [4.69, 9.17) is 16.1 Å². The summed E-state index contributed by atoms with van der Waals surface area (Å²) >= 11 is 5.99. The van der Waals surface area contributed by atoms with Crippen LogP contribution in [-0.2, 0) is 4.79 Å². The zero-order chi connectivity index (χ0) is 20.2. The Hall–Kier alpha value is -2.84. The van der Waals surface area contributed by atoms with Crippen molar-refractivity contribution in [3.8, 4) is 11.4 Å². The predicted octanol–water partition coefficient (Wildman–Crippen LogP) is 3.74. The molecule has 0 saturated carbocycles. The first-order valence-electron chi connectivity index (χ1n) is 9.31. The molecule has 0 bridgehead atoms. The van der Waals surface area contributed by atoms with Crippen molar-refractivity contribution in [1.82, 2.24) is 20.0 Å². The summed E-state index contributed by atoms with van der Waals surface area (Å²) in [7, 11) is 0. The van der Waals surface area contributed by atoms with Gasteiger partial charge in [0.2, 0.25) is 17.6 Å². The molecule has 1 aliphatic heterocycles. The van der Waals surface area contributed by atoms with Gasteiger partial charge in [0, 0.05) is 18.3 Å². The van der Waals surface area contributed by atoms with Crippen LogP contribution in [0, 0.1) is 5.82 Å². The predicted molar refractivity (Wildman–Crippen MR) is 106 cm³/mol. The van der Waals surface area contributed by atoms with E-state index < -0.39 is 0 Å². The summed E-state index contributed by atoms with van der Waals surface area (Å²) in [4.78, 5) is 22.8. The fraction of sp³-hybridized carbons (Fsp3) is 0.300. The van der Waals surface area contributed by atoms with E-state index in [9.17, 15) is 9.18 Å². The molecule has 9 heteroatoms. The lowest BCUT2D eigenvalue weighted by molar-refractivity contribution is -0.117. The highest BCUT2D eigenvalue weighted by molar-refractivity contribution is 6.32. The molecular formula is C20H19ClFN5O2. The van der Waals surface area contributed by atoms with Crippen molar-refractivity contribution in [2.75, 3.05) is 25.0 Å². The monoisotopic (exact) mass is 415 g/mol. The molecule has 1 aromatic carbocycles. The van der Waals surface area contributed by atoms with E-state index in [1.807, 2.05) is 4.90 Å². The molecule has 0 radical (unpaired) electrons. The zero-order valence-corrected chi connectivity index (χ0v) is 16.3. The SMILES string of the molecule is O=C(CN1CCCC(c2nc(-c3cccc(F)c3)no2)C1)Nc1cccnc1Cl. The second-order valence-corrected chi connectivity index (χ2v) is 7.29. The molecule has 1 aliphatic rings. The van der Waals surface area contributed by atoms with Gasteiger partial charge in [0.25, 0.3) is 0 Å². The molecule has 1 saturated heterocycles. The van der Waals surface area contributed by atoms with Crippen molar-refractivity contribution in [2.45, 2.75) is 18.8 Å². The Morgan fingerprint density at radius 1 is 1.34 bits per heavy atom. The van der Waals surface area contributed by atoms with Gasteiger partial charge in [-0.3, -0.25) is 9.69 Å². The van der Waals surface area contributed by atoms with Crippen LogP contribution in [0.5, 0.6) is 0 Å². The molecular weight excluding hydrogens is 397 g/mol. The molecule has 1 fully saturated rings. The van der Waals surface area contributed by atoms with Crippen LogP contribution >= 0.6 is 11.6 Å². The Morgan fingerprint density at radius 2 is 2.24 bits per heavy atom. The number of carbonyl (C=O) groups excluding carboxylic acids is 1. The van der Waals surface area contributed by atoms with Crippen molar-refractivity contribution in [3.05, 3.63) is 59.5 Å². The number of nitrogens with one attached hydrogen (secondary N) is 1. The summed E-state index contributed by atoms with van der Waals surface area (Å²) in [5.41, 5.74) is 1.06. The summed E-state index contributed by atoms with van der Waals surface area (Å²) in [6, 6.07) is 9.50. The van der Waals surface area contributed by atoms with E-state index in [-0.39, 0.29) is 29.3 Å². The summed E-state index contributed by atoms with van der Waals surface area (Å²) < 4.78 is 18.9.